The molecule has 0 unspecified atom stereocenters. The number of hydrogen-bond acceptors (Lipinski definition) is 3. The summed E-state index contributed by atoms with van der Waals surface area (Å²) < 4.78 is 1.87. The van der Waals surface area contributed by atoms with Gasteiger partial charge in [-0.05, 0) is 62.2 Å². The van der Waals surface area contributed by atoms with Crippen molar-refractivity contribution in [2.75, 3.05) is 6.54 Å². The summed E-state index contributed by atoms with van der Waals surface area (Å²) in [7, 11) is 0. The van der Waals surface area contributed by atoms with Gasteiger partial charge in [0, 0.05) is 30.2 Å². The van der Waals surface area contributed by atoms with E-state index in [1.165, 1.54) is 0 Å². The first-order valence-electron chi connectivity index (χ1n) is 7.94. The number of amides is 1. The van der Waals surface area contributed by atoms with Gasteiger partial charge in [-0.3, -0.25) is 9.78 Å². The van der Waals surface area contributed by atoms with Crippen LogP contribution in [0.2, 0.25) is 0 Å². The minimum atomic E-state index is -0.0705. The molecule has 0 aliphatic rings. The molecule has 1 aromatic carbocycles. The van der Waals surface area contributed by atoms with Gasteiger partial charge >= 0.3 is 0 Å². The molecule has 5 heteroatoms. The van der Waals surface area contributed by atoms with E-state index >= 15 is 0 Å². The van der Waals surface area contributed by atoms with Gasteiger partial charge in [0.05, 0.1) is 11.4 Å². The van der Waals surface area contributed by atoms with E-state index in [0.717, 1.165) is 29.1 Å². The van der Waals surface area contributed by atoms with E-state index in [-0.39, 0.29) is 5.91 Å². The Labute approximate surface area is 141 Å². The monoisotopic (exact) mass is 320 g/mol. The van der Waals surface area contributed by atoms with Gasteiger partial charge in [0.25, 0.3) is 5.91 Å². The average molecular weight is 320 g/mol. The molecule has 2 heterocycles. The number of rotatable bonds is 5. The molecule has 0 saturated carbocycles. The van der Waals surface area contributed by atoms with Crippen LogP contribution in [0.1, 0.15) is 27.3 Å². The summed E-state index contributed by atoms with van der Waals surface area (Å²) in [6, 6.07) is 13.4. The predicted molar refractivity (Wildman–Crippen MR) is 93.3 cm³/mol. The quantitative estimate of drug-likeness (QED) is 0.786. The molecule has 0 radical (unpaired) electrons. The molecule has 0 aliphatic carbocycles. The number of aryl methyl sites for hydroxylation is 2. The largest absolute Gasteiger partial charge is 0.352 e. The molecule has 24 heavy (non-hydrogen) atoms. The summed E-state index contributed by atoms with van der Waals surface area (Å²) >= 11 is 0. The van der Waals surface area contributed by atoms with Gasteiger partial charge in [-0.1, -0.05) is 6.07 Å². The van der Waals surface area contributed by atoms with E-state index in [2.05, 4.69) is 15.4 Å². The minimum absolute atomic E-state index is 0.0705. The number of pyridine rings is 1. The summed E-state index contributed by atoms with van der Waals surface area (Å²) in [4.78, 5) is 16.3. The Balaban J connectivity index is 1.61. The third-order valence-corrected chi connectivity index (χ3v) is 3.81. The zero-order chi connectivity index (χ0) is 16.9. The molecule has 1 amide bonds. The lowest BCUT2D eigenvalue weighted by Crippen LogP contribution is -2.25. The maximum atomic E-state index is 12.2. The maximum Gasteiger partial charge on any atom is 0.251 e. The summed E-state index contributed by atoms with van der Waals surface area (Å²) in [5, 5.41) is 7.38. The van der Waals surface area contributed by atoms with Crippen LogP contribution < -0.4 is 5.32 Å². The first kappa shape index (κ1) is 15.9. The second kappa shape index (κ2) is 7.08. The van der Waals surface area contributed by atoms with Crippen LogP contribution in [0.15, 0.2) is 54.9 Å². The van der Waals surface area contributed by atoms with Crippen LogP contribution >= 0.6 is 0 Å². The average Bonchev–Trinajstić information content (AvgIpc) is 2.94. The molecular formula is C19H20N4O. The highest BCUT2D eigenvalue weighted by Crippen LogP contribution is 2.13. The fourth-order valence-corrected chi connectivity index (χ4v) is 2.61. The second-order valence-corrected chi connectivity index (χ2v) is 5.75. The van der Waals surface area contributed by atoms with Crippen LogP contribution in [-0.2, 0) is 6.42 Å². The SMILES string of the molecule is Cc1cc(C)n(-c2ccc(C(=O)NCCc3cccnc3)cc2)n1. The molecule has 122 valence electrons. The lowest BCUT2D eigenvalue weighted by Gasteiger charge is -2.07. The van der Waals surface area contributed by atoms with Gasteiger partial charge in [0.1, 0.15) is 0 Å². The highest BCUT2D eigenvalue weighted by atomic mass is 16.1. The van der Waals surface area contributed by atoms with Crippen molar-refractivity contribution >= 4 is 5.91 Å². The molecule has 0 bridgehead atoms. The van der Waals surface area contributed by atoms with Crippen molar-refractivity contribution in [3.63, 3.8) is 0 Å². The molecule has 3 aromatic rings. The zero-order valence-corrected chi connectivity index (χ0v) is 13.9. The van der Waals surface area contributed by atoms with Gasteiger partial charge in [0.2, 0.25) is 0 Å². The van der Waals surface area contributed by atoms with Crippen molar-refractivity contribution in [1.29, 1.82) is 0 Å². The Morgan fingerprint density at radius 3 is 2.58 bits per heavy atom. The van der Waals surface area contributed by atoms with Crippen LogP contribution in [0.25, 0.3) is 5.69 Å². The highest BCUT2D eigenvalue weighted by molar-refractivity contribution is 5.94. The van der Waals surface area contributed by atoms with Crippen molar-refractivity contribution < 1.29 is 4.79 Å². The topological polar surface area (TPSA) is 59.8 Å². The highest BCUT2D eigenvalue weighted by Gasteiger charge is 2.07. The molecule has 3 rings (SSSR count). The van der Waals surface area contributed by atoms with Crippen molar-refractivity contribution in [3.8, 4) is 5.69 Å². The Morgan fingerprint density at radius 2 is 1.96 bits per heavy atom. The van der Waals surface area contributed by atoms with E-state index in [9.17, 15) is 4.79 Å². The lowest BCUT2D eigenvalue weighted by molar-refractivity contribution is 0.0954. The molecule has 0 atom stereocenters. The first-order valence-corrected chi connectivity index (χ1v) is 7.94. The molecule has 2 aromatic heterocycles. The Hall–Kier alpha value is -2.95. The summed E-state index contributed by atoms with van der Waals surface area (Å²) in [6.07, 6.45) is 4.32. The van der Waals surface area contributed by atoms with Crippen LogP contribution in [0.5, 0.6) is 0 Å². The smallest absolute Gasteiger partial charge is 0.251 e. The van der Waals surface area contributed by atoms with Crippen molar-refractivity contribution in [2.24, 2.45) is 0 Å². The Morgan fingerprint density at radius 1 is 1.17 bits per heavy atom. The molecule has 0 saturated heterocycles. The summed E-state index contributed by atoms with van der Waals surface area (Å²) in [5.74, 6) is -0.0705. The van der Waals surface area contributed by atoms with Crippen LogP contribution in [-0.4, -0.2) is 27.2 Å². The fraction of sp³-hybridized carbons (Fsp3) is 0.211. The number of carbonyl (C=O) groups is 1. The summed E-state index contributed by atoms with van der Waals surface area (Å²) in [5.41, 5.74) is 4.75. The second-order valence-electron chi connectivity index (χ2n) is 5.75. The van der Waals surface area contributed by atoms with Gasteiger partial charge in [-0.2, -0.15) is 5.10 Å². The number of nitrogens with one attached hydrogen (secondary N) is 1. The van der Waals surface area contributed by atoms with E-state index in [4.69, 9.17) is 0 Å². The molecule has 5 nitrogen and oxygen atoms in total. The van der Waals surface area contributed by atoms with Crippen LogP contribution in [0.4, 0.5) is 0 Å². The molecule has 0 fully saturated rings. The number of carbonyl (C=O) groups excluding carboxylic acids is 1. The molecule has 1 N–H and O–H groups in total. The molecular weight excluding hydrogens is 300 g/mol. The van der Waals surface area contributed by atoms with Crippen molar-refractivity contribution in [3.05, 3.63) is 77.4 Å². The zero-order valence-electron chi connectivity index (χ0n) is 13.9. The third kappa shape index (κ3) is 3.68. The standard InChI is InChI=1S/C19H20N4O/c1-14-12-15(2)23(22-14)18-7-5-17(6-8-18)19(24)21-11-9-16-4-3-10-20-13-16/h3-8,10,12-13H,9,11H2,1-2H3,(H,21,24). The van der Waals surface area contributed by atoms with Crippen molar-refractivity contribution in [2.45, 2.75) is 20.3 Å². The van der Waals surface area contributed by atoms with Crippen LogP contribution in [0.3, 0.4) is 0 Å². The number of benzene rings is 1. The molecule has 0 spiro atoms. The fourth-order valence-electron chi connectivity index (χ4n) is 2.61. The summed E-state index contributed by atoms with van der Waals surface area (Å²) in [6.45, 7) is 4.57. The van der Waals surface area contributed by atoms with E-state index in [1.54, 1.807) is 6.20 Å². The Bertz CT molecular complexity index is 822. The van der Waals surface area contributed by atoms with Gasteiger partial charge in [-0.15, -0.1) is 0 Å². The lowest BCUT2D eigenvalue weighted by atomic mass is 10.1. The van der Waals surface area contributed by atoms with Gasteiger partial charge in [0.15, 0.2) is 0 Å². The third-order valence-electron chi connectivity index (χ3n) is 3.81. The van der Waals surface area contributed by atoms with Crippen molar-refractivity contribution in [1.82, 2.24) is 20.1 Å². The van der Waals surface area contributed by atoms with Gasteiger partial charge < -0.3 is 5.32 Å². The molecule has 0 aliphatic heterocycles. The van der Waals surface area contributed by atoms with E-state index in [1.807, 2.05) is 67.2 Å². The first-order chi connectivity index (χ1) is 11.6. The number of nitrogens with zero attached hydrogens (tertiary/aromatic N) is 3. The van der Waals surface area contributed by atoms with E-state index < -0.39 is 0 Å². The van der Waals surface area contributed by atoms with Gasteiger partial charge in [-0.25, -0.2) is 4.68 Å². The number of aromatic nitrogens is 3. The number of hydrogen-bond donors (Lipinski definition) is 1. The van der Waals surface area contributed by atoms with E-state index in [0.29, 0.717) is 12.1 Å². The normalized spacial score (nSPS) is 10.6. The Kier molecular flexibility index (Phi) is 4.70. The maximum absolute atomic E-state index is 12.2. The van der Waals surface area contributed by atoms with Crippen LogP contribution in [0, 0.1) is 13.8 Å². The minimum Gasteiger partial charge on any atom is -0.352 e. The predicted octanol–water partition coefficient (Wildman–Crippen LogP) is 2.86.